The highest BCUT2D eigenvalue weighted by molar-refractivity contribution is 5.37. The number of benzene rings is 1. The van der Waals surface area contributed by atoms with Crippen molar-refractivity contribution in [2.75, 3.05) is 0 Å². The van der Waals surface area contributed by atoms with Crippen molar-refractivity contribution in [3.05, 3.63) is 34.9 Å². The molecule has 2 rings (SSSR count). The molecule has 0 amide bonds. The minimum Gasteiger partial charge on any atom is -0.305 e. The molecule has 0 radical (unpaired) electrons. The SMILES string of the molecule is CCC(C)(C)NC1CCc2cc(C)ccc21. The first-order chi connectivity index (χ1) is 7.52. The second kappa shape index (κ2) is 4.21. The maximum absolute atomic E-state index is 3.78. The smallest absolute Gasteiger partial charge is 0.0330 e. The van der Waals surface area contributed by atoms with Crippen LogP contribution < -0.4 is 5.32 Å². The van der Waals surface area contributed by atoms with Gasteiger partial charge in [-0.25, -0.2) is 0 Å². The van der Waals surface area contributed by atoms with E-state index in [9.17, 15) is 0 Å². The highest BCUT2D eigenvalue weighted by atomic mass is 15.0. The van der Waals surface area contributed by atoms with Crippen molar-refractivity contribution in [2.45, 2.75) is 58.5 Å². The van der Waals surface area contributed by atoms with Crippen molar-refractivity contribution < 1.29 is 0 Å². The van der Waals surface area contributed by atoms with Gasteiger partial charge in [-0.15, -0.1) is 0 Å². The Labute approximate surface area is 99.3 Å². The summed E-state index contributed by atoms with van der Waals surface area (Å²) in [4.78, 5) is 0. The predicted octanol–water partition coefficient (Wildman–Crippen LogP) is 3.76. The van der Waals surface area contributed by atoms with Crippen LogP contribution in [-0.4, -0.2) is 5.54 Å². The van der Waals surface area contributed by atoms with E-state index >= 15 is 0 Å². The minimum atomic E-state index is 0.247. The summed E-state index contributed by atoms with van der Waals surface area (Å²) in [5.41, 5.74) is 4.70. The van der Waals surface area contributed by atoms with Gasteiger partial charge in [-0.2, -0.15) is 0 Å². The lowest BCUT2D eigenvalue weighted by molar-refractivity contribution is 0.325. The van der Waals surface area contributed by atoms with Crippen molar-refractivity contribution >= 4 is 0 Å². The Morgan fingerprint density at radius 1 is 1.38 bits per heavy atom. The molecule has 0 aliphatic heterocycles. The Hall–Kier alpha value is -0.820. The first kappa shape index (κ1) is 11.7. The second-order valence-electron chi connectivity index (χ2n) is 5.68. The Kier molecular flexibility index (Phi) is 3.07. The van der Waals surface area contributed by atoms with E-state index in [0.717, 1.165) is 0 Å². The fourth-order valence-electron chi connectivity index (χ4n) is 2.47. The molecule has 0 spiro atoms. The first-order valence-corrected chi connectivity index (χ1v) is 6.39. The lowest BCUT2D eigenvalue weighted by atomic mass is 9.98. The molecule has 16 heavy (non-hydrogen) atoms. The number of nitrogens with one attached hydrogen (secondary N) is 1. The molecule has 1 aliphatic rings. The van der Waals surface area contributed by atoms with Gasteiger partial charge in [0.05, 0.1) is 0 Å². The Morgan fingerprint density at radius 2 is 2.12 bits per heavy atom. The molecule has 1 nitrogen and oxygen atoms in total. The summed E-state index contributed by atoms with van der Waals surface area (Å²) in [5.74, 6) is 0. The summed E-state index contributed by atoms with van der Waals surface area (Å²) in [6.07, 6.45) is 3.65. The maximum atomic E-state index is 3.78. The van der Waals surface area contributed by atoms with Crippen LogP contribution >= 0.6 is 0 Å². The van der Waals surface area contributed by atoms with Crippen LogP contribution in [0.3, 0.4) is 0 Å². The zero-order chi connectivity index (χ0) is 11.8. The van der Waals surface area contributed by atoms with Gasteiger partial charge in [-0.3, -0.25) is 0 Å². The molecule has 1 heteroatoms. The molecular weight excluding hydrogens is 194 g/mol. The van der Waals surface area contributed by atoms with Gasteiger partial charge in [0.25, 0.3) is 0 Å². The molecule has 0 fully saturated rings. The average molecular weight is 217 g/mol. The van der Waals surface area contributed by atoms with Crippen molar-refractivity contribution in [3.8, 4) is 0 Å². The summed E-state index contributed by atoms with van der Waals surface area (Å²) in [6, 6.07) is 7.44. The van der Waals surface area contributed by atoms with E-state index in [4.69, 9.17) is 0 Å². The molecule has 0 heterocycles. The summed E-state index contributed by atoms with van der Waals surface area (Å²) >= 11 is 0. The largest absolute Gasteiger partial charge is 0.305 e. The van der Waals surface area contributed by atoms with E-state index in [1.165, 1.54) is 30.4 Å². The van der Waals surface area contributed by atoms with Crippen LogP contribution in [0.25, 0.3) is 0 Å². The third-order valence-electron chi connectivity index (χ3n) is 3.83. The van der Waals surface area contributed by atoms with Crippen LogP contribution in [-0.2, 0) is 6.42 Å². The summed E-state index contributed by atoms with van der Waals surface area (Å²) in [6.45, 7) is 9.01. The fraction of sp³-hybridized carbons (Fsp3) is 0.600. The van der Waals surface area contributed by atoms with Crippen LogP contribution in [0.15, 0.2) is 18.2 Å². The number of aryl methyl sites for hydroxylation is 2. The topological polar surface area (TPSA) is 12.0 Å². The normalized spacial score (nSPS) is 19.9. The highest BCUT2D eigenvalue weighted by Gasteiger charge is 2.26. The van der Waals surface area contributed by atoms with E-state index in [2.05, 4.69) is 51.2 Å². The van der Waals surface area contributed by atoms with Crippen LogP contribution in [0, 0.1) is 6.92 Å². The van der Waals surface area contributed by atoms with Gasteiger partial charge in [0.2, 0.25) is 0 Å². The van der Waals surface area contributed by atoms with Crippen LogP contribution in [0.2, 0.25) is 0 Å². The highest BCUT2D eigenvalue weighted by Crippen LogP contribution is 2.33. The second-order valence-corrected chi connectivity index (χ2v) is 5.68. The zero-order valence-electron chi connectivity index (χ0n) is 10.9. The molecule has 1 unspecified atom stereocenters. The Bertz CT molecular complexity index is 379. The molecule has 1 N–H and O–H groups in total. The van der Waals surface area contributed by atoms with Gasteiger partial charge in [0.1, 0.15) is 0 Å². The van der Waals surface area contributed by atoms with Gasteiger partial charge in [-0.05, 0) is 51.2 Å². The molecule has 0 aromatic heterocycles. The summed E-state index contributed by atoms with van der Waals surface area (Å²) < 4.78 is 0. The van der Waals surface area contributed by atoms with Crippen LogP contribution in [0.1, 0.15) is 56.3 Å². The van der Waals surface area contributed by atoms with E-state index in [0.29, 0.717) is 6.04 Å². The molecule has 1 aromatic carbocycles. The quantitative estimate of drug-likeness (QED) is 0.813. The van der Waals surface area contributed by atoms with E-state index in [1.807, 2.05) is 0 Å². The van der Waals surface area contributed by atoms with Gasteiger partial charge in [0.15, 0.2) is 0 Å². The summed E-state index contributed by atoms with van der Waals surface area (Å²) in [7, 11) is 0. The lowest BCUT2D eigenvalue weighted by Gasteiger charge is -2.29. The number of hydrogen-bond donors (Lipinski definition) is 1. The van der Waals surface area contributed by atoms with Crippen LogP contribution in [0.4, 0.5) is 0 Å². The molecule has 0 saturated heterocycles. The molecule has 0 saturated carbocycles. The van der Waals surface area contributed by atoms with Gasteiger partial charge in [-0.1, -0.05) is 30.7 Å². The summed E-state index contributed by atoms with van der Waals surface area (Å²) in [5, 5.41) is 3.78. The van der Waals surface area contributed by atoms with E-state index in [1.54, 1.807) is 5.56 Å². The Morgan fingerprint density at radius 3 is 2.81 bits per heavy atom. The Balaban J connectivity index is 2.18. The number of hydrogen-bond acceptors (Lipinski definition) is 1. The van der Waals surface area contributed by atoms with Crippen molar-refractivity contribution in [1.29, 1.82) is 0 Å². The fourth-order valence-corrected chi connectivity index (χ4v) is 2.47. The van der Waals surface area contributed by atoms with Gasteiger partial charge < -0.3 is 5.32 Å². The third-order valence-corrected chi connectivity index (χ3v) is 3.83. The van der Waals surface area contributed by atoms with E-state index in [-0.39, 0.29) is 5.54 Å². The van der Waals surface area contributed by atoms with Crippen LogP contribution in [0.5, 0.6) is 0 Å². The molecular formula is C15H23N. The molecule has 88 valence electrons. The molecule has 0 bridgehead atoms. The van der Waals surface area contributed by atoms with Gasteiger partial charge >= 0.3 is 0 Å². The standard InChI is InChI=1S/C15H23N/c1-5-15(3,4)16-14-9-7-12-10-11(2)6-8-13(12)14/h6,8,10,14,16H,5,7,9H2,1-4H3. The first-order valence-electron chi connectivity index (χ1n) is 6.39. The van der Waals surface area contributed by atoms with Crippen molar-refractivity contribution in [3.63, 3.8) is 0 Å². The average Bonchev–Trinajstić information content (AvgIpc) is 2.60. The molecule has 1 atom stereocenters. The lowest BCUT2D eigenvalue weighted by Crippen LogP contribution is -2.40. The molecule has 1 aromatic rings. The predicted molar refractivity (Wildman–Crippen MR) is 69.7 cm³/mol. The maximum Gasteiger partial charge on any atom is 0.0330 e. The zero-order valence-corrected chi connectivity index (χ0v) is 10.9. The van der Waals surface area contributed by atoms with E-state index < -0.39 is 0 Å². The number of rotatable bonds is 3. The molecule has 1 aliphatic carbocycles. The van der Waals surface area contributed by atoms with Gasteiger partial charge in [0, 0.05) is 11.6 Å². The van der Waals surface area contributed by atoms with Crippen molar-refractivity contribution in [2.24, 2.45) is 0 Å². The monoisotopic (exact) mass is 217 g/mol. The number of fused-ring (bicyclic) bond motifs is 1. The minimum absolute atomic E-state index is 0.247. The van der Waals surface area contributed by atoms with Crippen molar-refractivity contribution in [1.82, 2.24) is 5.32 Å². The third kappa shape index (κ3) is 2.30.